The number of nitrogens with zero attached hydrogens (tertiary/aromatic N) is 1. The van der Waals surface area contributed by atoms with Gasteiger partial charge in [-0.3, -0.25) is 0 Å². The number of unbranched alkanes of at least 4 members (excludes halogenated alkanes) is 2. The lowest BCUT2D eigenvalue weighted by Crippen LogP contribution is -2.41. The summed E-state index contributed by atoms with van der Waals surface area (Å²) in [6.45, 7) is 5.95. The van der Waals surface area contributed by atoms with Gasteiger partial charge >= 0.3 is 0 Å². The maximum absolute atomic E-state index is 9.73. The molecule has 1 saturated heterocycles. The molecule has 1 fully saturated rings. The van der Waals surface area contributed by atoms with Crippen LogP contribution in [-0.4, -0.2) is 36.2 Å². The maximum Gasteiger partial charge on any atom is 0.0477 e. The second kappa shape index (κ2) is 8.16. The molecule has 0 spiro atoms. The van der Waals surface area contributed by atoms with Crippen LogP contribution in [0.3, 0.4) is 0 Å². The molecule has 20 heavy (non-hydrogen) atoms. The van der Waals surface area contributed by atoms with Gasteiger partial charge in [-0.15, -0.1) is 0 Å². The van der Waals surface area contributed by atoms with E-state index in [0.29, 0.717) is 18.4 Å². The Balaban J connectivity index is 1.94. The van der Waals surface area contributed by atoms with Crippen molar-refractivity contribution >= 4 is 15.9 Å². The number of hydrogen-bond acceptors (Lipinski definition) is 2. The average molecular weight is 340 g/mol. The lowest BCUT2D eigenvalue weighted by atomic mass is 9.81. The quantitative estimate of drug-likeness (QED) is 0.790. The number of aliphatic hydroxyl groups excluding tert-OH is 1. The number of hydrogen-bond donors (Lipinski definition) is 1. The summed E-state index contributed by atoms with van der Waals surface area (Å²) in [5.41, 5.74) is 1.38. The van der Waals surface area contributed by atoms with Gasteiger partial charge in [-0.1, -0.05) is 47.8 Å². The highest BCUT2D eigenvalue weighted by molar-refractivity contribution is 9.10. The fraction of sp³-hybridized carbons (Fsp3) is 0.647. The molecule has 1 N–H and O–H groups in total. The van der Waals surface area contributed by atoms with Crippen molar-refractivity contribution in [3.63, 3.8) is 0 Å². The van der Waals surface area contributed by atoms with E-state index in [-0.39, 0.29) is 0 Å². The van der Waals surface area contributed by atoms with Crippen molar-refractivity contribution < 1.29 is 5.11 Å². The number of likely N-dealkylation sites (tertiary alicyclic amines) is 1. The lowest BCUT2D eigenvalue weighted by Gasteiger charge is -2.38. The van der Waals surface area contributed by atoms with Crippen LogP contribution >= 0.6 is 15.9 Å². The predicted molar refractivity (Wildman–Crippen MR) is 88.0 cm³/mol. The summed E-state index contributed by atoms with van der Waals surface area (Å²) in [4.78, 5) is 2.53. The Morgan fingerprint density at radius 2 is 2.00 bits per heavy atom. The van der Waals surface area contributed by atoms with Crippen LogP contribution in [0.5, 0.6) is 0 Å². The van der Waals surface area contributed by atoms with Gasteiger partial charge in [-0.25, -0.2) is 0 Å². The first-order valence-corrected chi connectivity index (χ1v) is 8.62. The summed E-state index contributed by atoms with van der Waals surface area (Å²) in [7, 11) is 0. The van der Waals surface area contributed by atoms with E-state index in [1.54, 1.807) is 0 Å². The molecule has 1 aliphatic heterocycles. The second-order valence-electron chi connectivity index (χ2n) is 5.90. The second-order valence-corrected chi connectivity index (χ2v) is 6.81. The van der Waals surface area contributed by atoms with Gasteiger partial charge < -0.3 is 10.0 Å². The Kier molecular flexibility index (Phi) is 6.53. The third kappa shape index (κ3) is 4.31. The average Bonchev–Trinajstić information content (AvgIpc) is 2.48. The van der Waals surface area contributed by atoms with Gasteiger partial charge in [0.25, 0.3) is 0 Å². The normalized spacial score (nSPS) is 23.9. The first-order chi connectivity index (χ1) is 9.74. The van der Waals surface area contributed by atoms with E-state index in [2.05, 4.69) is 52.0 Å². The molecule has 0 aliphatic carbocycles. The number of aliphatic hydroxyl groups is 1. The molecule has 2 atom stereocenters. The summed E-state index contributed by atoms with van der Waals surface area (Å²) in [6, 6.07) is 8.61. The molecule has 0 saturated carbocycles. The third-order valence-electron chi connectivity index (χ3n) is 4.43. The zero-order chi connectivity index (χ0) is 14.4. The molecule has 2 rings (SSSR count). The zero-order valence-electron chi connectivity index (χ0n) is 12.4. The number of rotatable bonds is 6. The highest BCUT2D eigenvalue weighted by atomic mass is 79.9. The minimum absolute atomic E-state index is 0.297. The summed E-state index contributed by atoms with van der Waals surface area (Å²) >= 11 is 3.49. The van der Waals surface area contributed by atoms with E-state index >= 15 is 0 Å². The molecule has 112 valence electrons. The van der Waals surface area contributed by atoms with E-state index in [1.165, 1.54) is 44.3 Å². The smallest absolute Gasteiger partial charge is 0.0477 e. The number of halogens is 1. The Morgan fingerprint density at radius 1 is 1.25 bits per heavy atom. The Labute approximate surface area is 131 Å². The lowest BCUT2D eigenvalue weighted by molar-refractivity contribution is 0.101. The molecule has 1 heterocycles. The molecule has 0 bridgehead atoms. The van der Waals surface area contributed by atoms with E-state index in [0.717, 1.165) is 11.0 Å². The highest BCUT2D eigenvalue weighted by Gasteiger charge is 2.29. The number of piperidine rings is 1. The van der Waals surface area contributed by atoms with Crippen LogP contribution in [0.2, 0.25) is 0 Å². The van der Waals surface area contributed by atoms with Crippen LogP contribution in [0.4, 0.5) is 0 Å². The SMILES string of the molecule is CCCCCN1CC[C@@H](c2ccc(Br)cc2)[C@H](CO)C1. The monoisotopic (exact) mass is 339 g/mol. The molecular formula is C17H26BrNO. The van der Waals surface area contributed by atoms with Crippen LogP contribution in [0.25, 0.3) is 0 Å². The fourth-order valence-corrected chi connectivity index (χ4v) is 3.49. The number of benzene rings is 1. The zero-order valence-corrected chi connectivity index (χ0v) is 14.0. The van der Waals surface area contributed by atoms with Gasteiger partial charge in [0.2, 0.25) is 0 Å². The van der Waals surface area contributed by atoms with Crippen molar-refractivity contribution in [3.05, 3.63) is 34.3 Å². The standard InChI is InChI=1S/C17H26BrNO/c1-2-3-4-10-19-11-9-17(15(12-19)13-20)14-5-7-16(18)8-6-14/h5-8,15,17,20H,2-4,9-13H2,1H3/t15-,17-/m0/s1. The van der Waals surface area contributed by atoms with Crippen molar-refractivity contribution in [2.45, 2.75) is 38.5 Å². The molecule has 2 nitrogen and oxygen atoms in total. The van der Waals surface area contributed by atoms with Crippen LogP contribution in [0, 0.1) is 5.92 Å². The van der Waals surface area contributed by atoms with E-state index < -0.39 is 0 Å². The predicted octanol–water partition coefficient (Wildman–Crippen LogP) is 4.04. The van der Waals surface area contributed by atoms with Gasteiger partial charge in [-0.05, 0) is 49.5 Å². The molecule has 1 aliphatic rings. The van der Waals surface area contributed by atoms with Gasteiger partial charge in [-0.2, -0.15) is 0 Å². The first-order valence-electron chi connectivity index (χ1n) is 7.83. The highest BCUT2D eigenvalue weighted by Crippen LogP contribution is 2.33. The van der Waals surface area contributed by atoms with Crippen LogP contribution < -0.4 is 0 Å². The largest absolute Gasteiger partial charge is 0.396 e. The molecule has 3 heteroatoms. The minimum atomic E-state index is 0.297. The van der Waals surface area contributed by atoms with Crippen molar-refractivity contribution in [1.29, 1.82) is 0 Å². The summed E-state index contributed by atoms with van der Waals surface area (Å²) in [5, 5.41) is 9.73. The van der Waals surface area contributed by atoms with Gasteiger partial charge in [0.1, 0.15) is 0 Å². The van der Waals surface area contributed by atoms with Gasteiger partial charge in [0.15, 0.2) is 0 Å². The minimum Gasteiger partial charge on any atom is -0.396 e. The van der Waals surface area contributed by atoms with Crippen molar-refractivity contribution in [1.82, 2.24) is 4.90 Å². The molecule has 0 radical (unpaired) electrons. The fourth-order valence-electron chi connectivity index (χ4n) is 3.23. The van der Waals surface area contributed by atoms with Crippen LogP contribution in [-0.2, 0) is 0 Å². The Bertz CT molecular complexity index is 392. The van der Waals surface area contributed by atoms with Crippen molar-refractivity contribution in [3.8, 4) is 0 Å². The summed E-state index contributed by atoms with van der Waals surface area (Å²) in [5.74, 6) is 0.891. The Morgan fingerprint density at radius 3 is 2.65 bits per heavy atom. The van der Waals surface area contributed by atoms with Crippen molar-refractivity contribution in [2.24, 2.45) is 5.92 Å². The van der Waals surface area contributed by atoms with E-state index in [1.807, 2.05) is 0 Å². The third-order valence-corrected chi connectivity index (χ3v) is 4.96. The molecule has 0 amide bonds. The summed E-state index contributed by atoms with van der Waals surface area (Å²) in [6.07, 6.45) is 5.05. The van der Waals surface area contributed by atoms with Gasteiger partial charge in [0.05, 0.1) is 0 Å². The first kappa shape index (κ1) is 16.0. The van der Waals surface area contributed by atoms with Crippen molar-refractivity contribution in [2.75, 3.05) is 26.2 Å². The molecular weight excluding hydrogens is 314 g/mol. The van der Waals surface area contributed by atoms with Gasteiger partial charge in [0, 0.05) is 23.5 Å². The van der Waals surface area contributed by atoms with E-state index in [4.69, 9.17) is 0 Å². The molecule has 1 aromatic rings. The molecule has 1 aromatic carbocycles. The maximum atomic E-state index is 9.73. The van der Waals surface area contributed by atoms with Crippen LogP contribution in [0.1, 0.15) is 44.1 Å². The Hall–Kier alpha value is -0.380. The topological polar surface area (TPSA) is 23.5 Å². The molecule has 0 aromatic heterocycles. The van der Waals surface area contributed by atoms with Crippen LogP contribution in [0.15, 0.2) is 28.7 Å². The molecule has 0 unspecified atom stereocenters. The summed E-state index contributed by atoms with van der Waals surface area (Å²) < 4.78 is 1.12. The van der Waals surface area contributed by atoms with E-state index in [9.17, 15) is 5.11 Å².